The lowest BCUT2D eigenvalue weighted by Crippen LogP contribution is -2.43. The second-order valence-corrected chi connectivity index (χ2v) is 6.26. The van der Waals surface area contributed by atoms with Gasteiger partial charge in [0.15, 0.2) is 0 Å². The van der Waals surface area contributed by atoms with Crippen molar-refractivity contribution < 1.29 is 0 Å². The molecule has 1 aliphatic rings. The highest BCUT2D eigenvalue weighted by atomic mass is 15.1. The van der Waals surface area contributed by atoms with Crippen molar-refractivity contribution in [1.29, 1.82) is 0 Å². The van der Waals surface area contributed by atoms with Crippen molar-refractivity contribution in [3.63, 3.8) is 0 Å². The van der Waals surface area contributed by atoms with Crippen LogP contribution in [-0.2, 0) is 6.54 Å². The van der Waals surface area contributed by atoms with Crippen molar-refractivity contribution in [3.8, 4) is 0 Å². The lowest BCUT2D eigenvalue weighted by Gasteiger charge is -2.37. The van der Waals surface area contributed by atoms with E-state index in [4.69, 9.17) is 0 Å². The van der Waals surface area contributed by atoms with Crippen molar-refractivity contribution in [1.82, 2.24) is 10.2 Å². The summed E-state index contributed by atoms with van der Waals surface area (Å²) in [5.74, 6) is 1.68. The molecule has 0 spiro atoms. The number of hydrogen-bond acceptors (Lipinski definition) is 2. The molecule has 2 heteroatoms. The zero-order valence-electron chi connectivity index (χ0n) is 12.6. The van der Waals surface area contributed by atoms with E-state index in [-0.39, 0.29) is 0 Å². The Bertz CT molecular complexity index is 363. The van der Waals surface area contributed by atoms with E-state index in [9.17, 15) is 0 Å². The van der Waals surface area contributed by atoms with Crippen molar-refractivity contribution >= 4 is 0 Å². The summed E-state index contributed by atoms with van der Waals surface area (Å²) in [6.45, 7) is 4.66. The lowest BCUT2D eigenvalue weighted by molar-refractivity contribution is 0.162. The van der Waals surface area contributed by atoms with E-state index >= 15 is 0 Å². The molecule has 0 heterocycles. The van der Waals surface area contributed by atoms with E-state index in [0.29, 0.717) is 6.04 Å². The van der Waals surface area contributed by atoms with Crippen LogP contribution in [0.2, 0.25) is 0 Å². The van der Waals surface area contributed by atoms with Gasteiger partial charge in [0.05, 0.1) is 0 Å². The minimum absolute atomic E-state index is 0.703. The van der Waals surface area contributed by atoms with Crippen molar-refractivity contribution in [2.45, 2.75) is 38.8 Å². The summed E-state index contributed by atoms with van der Waals surface area (Å²) in [5.41, 5.74) is 1.41. The quantitative estimate of drug-likeness (QED) is 0.875. The van der Waals surface area contributed by atoms with E-state index < -0.39 is 0 Å². The maximum atomic E-state index is 3.52. The third-order valence-electron chi connectivity index (χ3n) is 4.46. The van der Waals surface area contributed by atoms with Gasteiger partial charge in [-0.25, -0.2) is 0 Å². The normalized spacial score (nSPS) is 27.7. The Morgan fingerprint density at radius 1 is 1.21 bits per heavy atom. The third-order valence-corrected chi connectivity index (χ3v) is 4.46. The fourth-order valence-electron chi connectivity index (χ4n) is 3.44. The topological polar surface area (TPSA) is 15.3 Å². The Morgan fingerprint density at radius 2 is 1.95 bits per heavy atom. The largest absolute Gasteiger partial charge is 0.317 e. The first-order valence-electron chi connectivity index (χ1n) is 7.58. The minimum Gasteiger partial charge on any atom is -0.317 e. The van der Waals surface area contributed by atoms with Gasteiger partial charge in [0.25, 0.3) is 0 Å². The monoisotopic (exact) mass is 260 g/mol. The van der Waals surface area contributed by atoms with Gasteiger partial charge in [-0.3, -0.25) is 0 Å². The summed E-state index contributed by atoms with van der Waals surface area (Å²) in [7, 11) is 4.36. The summed E-state index contributed by atoms with van der Waals surface area (Å²) in [4.78, 5) is 2.47. The number of hydrogen-bond donors (Lipinski definition) is 1. The molecule has 0 radical (unpaired) electrons. The molecular weight excluding hydrogens is 232 g/mol. The maximum Gasteiger partial charge on any atom is 0.0230 e. The van der Waals surface area contributed by atoms with Crippen LogP contribution < -0.4 is 5.32 Å². The van der Waals surface area contributed by atoms with Crippen molar-refractivity contribution in [2.24, 2.45) is 11.8 Å². The van der Waals surface area contributed by atoms with E-state index in [0.717, 1.165) is 18.4 Å². The first-order chi connectivity index (χ1) is 9.19. The molecule has 2 nitrogen and oxygen atoms in total. The third kappa shape index (κ3) is 4.32. The first kappa shape index (κ1) is 14.5. The molecule has 19 heavy (non-hydrogen) atoms. The molecule has 1 fully saturated rings. The van der Waals surface area contributed by atoms with Gasteiger partial charge in [-0.2, -0.15) is 0 Å². The molecule has 0 aromatic heterocycles. The van der Waals surface area contributed by atoms with E-state index in [1.165, 1.54) is 31.4 Å². The van der Waals surface area contributed by atoms with Gasteiger partial charge in [0, 0.05) is 19.1 Å². The Hall–Kier alpha value is -0.860. The van der Waals surface area contributed by atoms with Gasteiger partial charge in [-0.1, -0.05) is 37.3 Å². The maximum absolute atomic E-state index is 3.52. The SMILES string of the molecule is CNC1CCC(C)CC1CN(C)Cc1ccccc1. The molecule has 0 bridgehead atoms. The Balaban J connectivity index is 1.88. The van der Waals surface area contributed by atoms with Crippen LogP contribution in [0.3, 0.4) is 0 Å². The second kappa shape index (κ2) is 7.06. The van der Waals surface area contributed by atoms with Gasteiger partial charge in [0.1, 0.15) is 0 Å². The Morgan fingerprint density at radius 3 is 2.63 bits per heavy atom. The number of rotatable bonds is 5. The summed E-state index contributed by atoms with van der Waals surface area (Å²) < 4.78 is 0. The predicted molar refractivity (Wildman–Crippen MR) is 82.1 cm³/mol. The number of nitrogens with one attached hydrogen (secondary N) is 1. The first-order valence-corrected chi connectivity index (χ1v) is 7.58. The molecule has 0 amide bonds. The van der Waals surface area contributed by atoms with Crippen LogP contribution >= 0.6 is 0 Å². The van der Waals surface area contributed by atoms with Crippen LogP contribution in [0.15, 0.2) is 30.3 Å². The molecule has 106 valence electrons. The summed E-state index contributed by atoms with van der Waals surface area (Å²) in [6.07, 6.45) is 4.08. The van der Waals surface area contributed by atoms with Gasteiger partial charge >= 0.3 is 0 Å². The molecule has 1 aromatic carbocycles. The summed E-state index contributed by atoms with van der Waals surface area (Å²) in [6, 6.07) is 11.5. The molecule has 2 rings (SSSR count). The highest BCUT2D eigenvalue weighted by Gasteiger charge is 2.28. The zero-order chi connectivity index (χ0) is 13.7. The number of nitrogens with zero attached hydrogens (tertiary/aromatic N) is 1. The van der Waals surface area contributed by atoms with Crippen molar-refractivity contribution in [3.05, 3.63) is 35.9 Å². The highest BCUT2D eigenvalue weighted by molar-refractivity contribution is 5.14. The second-order valence-electron chi connectivity index (χ2n) is 6.26. The number of benzene rings is 1. The molecule has 0 saturated heterocycles. The standard InChI is InChI=1S/C17H28N2/c1-14-9-10-17(18-2)16(11-14)13-19(3)12-15-7-5-4-6-8-15/h4-8,14,16-18H,9-13H2,1-3H3. The lowest BCUT2D eigenvalue weighted by atomic mass is 9.78. The molecule has 1 N–H and O–H groups in total. The van der Waals surface area contributed by atoms with Crippen LogP contribution in [-0.4, -0.2) is 31.6 Å². The van der Waals surface area contributed by atoms with E-state index in [1.807, 2.05) is 0 Å². The van der Waals surface area contributed by atoms with Gasteiger partial charge in [-0.05, 0) is 50.8 Å². The van der Waals surface area contributed by atoms with Gasteiger partial charge in [0.2, 0.25) is 0 Å². The average Bonchev–Trinajstić information content (AvgIpc) is 2.40. The average molecular weight is 260 g/mol. The summed E-state index contributed by atoms with van der Waals surface area (Å²) >= 11 is 0. The van der Waals surface area contributed by atoms with Crippen LogP contribution in [0.5, 0.6) is 0 Å². The Labute approximate surface area is 118 Å². The van der Waals surface area contributed by atoms with Crippen molar-refractivity contribution in [2.75, 3.05) is 20.6 Å². The molecule has 1 aliphatic carbocycles. The molecule has 1 saturated carbocycles. The van der Waals surface area contributed by atoms with Crippen LogP contribution in [0.1, 0.15) is 31.7 Å². The zero-order valence-corrected chi connectivity index (χ0v) is 12.6. The van der Waals surface area contributed by atoms with Crippen LogP contribution in [0.25, 0.3) is 0 Å². The highest BCUT2D eigenvalue weighted by Crippen LogP contribution is 2.29. The fraction of sp³-hybridized carbons (Fsp3) is 0.647. The molecule has 3 atom stereocenters. The smallest absolute Gasteiger partial charge is 0.0230 e. The van der Waals surface area contributed by atoms with Gasteiger partial charge < -0.3 is 10.2 Å². The predicted octanol–water partition coefficient (Wildman–Crippen LogP) is 3.14. The molecule has 3 unspecified atom stereocenters. The van der Waals surface area contributed by atoms with Gasteiger partial charge in [-0.15, -0.1) is 0 Å². The van der Waals surface area contributed by atoms with E-state index in [2.05, 4.69) is 61.6 Å². The summed E-state index contributed by atoms with van der Waals surface area (Å²) in [5, 5.41) is 3.52. The van der Waals surface area contributed by atoms with E-state index in [1.54, 1.807) is 0 Å². The molecule has 1 aromatic rings. The van der Waals surface area contributed by atoms with Crippen LogP contribution in [0.4, 0.5) is 0 Å². The Kier molecular flexibility index (Phi) is 5.41. The molecule has 0 aliphatic heterocycles. The fourth-order valence-corrected chi connectivity index (χ4v) is 3.44. The molecular formula is C17H28N2. The minimum atomic E-state index is 0.703. The van der Waals surface area contributed by atoms with Crippen LogP contribution in [0, 0.1) is 11.8 Å².